The van der Waals surface area contributed by atoms with Crippen molar-refractivity contribution in [3.05, 3.63) is 71.3 Å². The van der Waals surface area contributed by atoms with E-state index in [0.717, 1.165) is 50.7 Å². The molecule has 0 saturated heterocycles. The van der Waals surface area contributed by atoms with E-state index < -0.39 is 0 Å². The molecule has 38 heavy (non-hydrogen) atoms. The minimum Gasteiger partial charge on any atom is -0.449 e. The van der Waals surface area contributed by atoms with Crippen molar-refractivity contribution in [3.63, 3.8) is 0 Å². The summed E-state index contributed by atoms with van der Waals surface area (Å²) in [4.78, 5) is 15.2. The van der Waals surface area contributed by atoms with Crippen molar-refractivity contribution in [2.45, 2.75) is 66.2 Å². The van der Waals surface area contributed by atoms with Crippen molar-refractivity contribution < 1.29 is 9.30 Å². The molecule has 5 aromatic rings. The Bertz CT molecular complexity index is 1760. The zero-order valence-electron chi connectivity index (χ0n) is 23.8. The molecule has 0 aliphatic carbocycles. The molecule has 3 aromatic carbocycles. The Labute approximate surface area is 224 Å². The van der Waals surface area contributed by atoms with Crippen LogP contribution in [0.5, 0.6) is 11.5 Å². The highest BCUT2D eigenvalue weighted by Crippen LogP contribution is 2.51. The van der Waals surface area contributed by atoms with Gasteiger partial charge >= 0.3 is 0 Å². The molecule has 5 heteroatoms. The first kappa shape index (κ1) is 24.5. The average molecular weight is 504 g/mol. The van der Waals surface area contributed by atoms with Gasteiger partial charge in [-0.1, -0.05) is 71.9 Å². The summed E-state index contributed by atoms with van der Waals surface area (Å²) in [7, 11) is 2.13. The molecular formula is C33H35N4O+. The van der Waals surface area contributed by atoms with Crippen LogP contribution in [0.1, 0.15) is 64.3 Å². The van der Waals surface area contributed by atoms with Gasteiger partial charge < -0.3 is 4.74 Å². The predicted molar refractivity (Wildman–Crippen MR) is 154 cm³/mol. The van der Waals surface area contributed by atoms with Gasteiger partial charge in [-0.2, -0.15) is 4.57 Å². The Hall–Kier alpha value is -3.86. The lowest BCUT2D eigenvalue weighted by molar-refractivity contribution is -0.633. The lowest BCUT2D eigenvalue weighted by Crippen LogP contribution is -2.34. The van der Waals surface area contributed by atoms with E-state index in [9.17, 15) is 0 Å². The molecular weight excluding hydrogens is 468 g/mol. The second-order valence-corrected chi connectivity index (χ2v) is 12.6. The highest BCUT2D eigenvalue weighted by Gasteiger charge is 2.37. The molecule has 1 aliphatic rings. The Morgan fingerprint density at radius 3 is 2.08 bits per heavy atom. The maximum absolute atomic E-state index is 6.85. The molecule has 0 bridgehead atoms. The van der Waals surface area contributed by atoms with E-state index in [0.29, 0.717) is 5.82 Å². The molecule has 0 amide bonds. The van der Waals surface area contributed by atoms with Crippen molar-refractivity contribution >= 4 is 21.7 Å². The first-order valence-electron chi connectivity index (χ1n) is 13.3. The van der Waals surface area contributed by atoms with Gasteiger partial charge in [-0.05, 0) is 42.5 Å². The van der Waals surface area contributed by atoms with Crippen LogP contribution >= 0.6 is 0 Å². The molecule has 0 unspecified atom stereocenters. The topological polar surface area (TPSA) is 51.8 Å². The van der Waals surface area contributed by atoms with Crippen LogP contribution in [0, 0.1) is 13.8 Å². The Kier molecular flexibility index (Phi) is 5.20. The van der Waals surface area contributed by atoms with Gasteiger partial charge in [0.25, 0.3) is 5.69 Å². The van der Waals surface area contributed by atoms with Crippen LogP contribution in [0.15, 0.2) is 48.5 Å². The van der Waals surface area contributed by atoms with Crippen LogP contribution in [0.2, 0.25) is 0 Å². The van der Waals surface area contributed by atoms with Crippen LogP contribution in [-0.4, -0.2) is 15.0 Å². The van der Waals surface area contributed by atoms with Gasteiger partial charge in [0.2, 0.25) is 11.3 Å². The lowest BCUT2D eigenvalue weighted by atomic mass is 9.89. The molecule has 0 spiro atoms. The van der Waals surface area contributed by atoms with E-state index in [1.54, 1.807) is 0 Å². The second-order valence-electron chi connectivity index (χ2n) is 12.6. The summed E-state index contributed by atoms with van der Waals surface area (Å²) in [6.45, 7) is 17.3. The minimum atomic E-state index is -0.236. The Balaban J connectivity index is 1.82. The number of hydrogen-bond donors (Lipinski definition) is 0. The Morgan fingerprint density at radius 1 is 0.763 bits per heavy atom. The number of hydrogen-bond acceptors (Lipinski definition) is 4. The number of fused-ring (bicyclic) bond motifs is 3. The molecule has 0 radical (unpaired) electrons. The van der Waals surface area contributed by atoms with Crippen molar-refractivity contribution in [1.82, 2.24) is 15.0 Å². The van der Waals surface area contributed by atoms with E-state index in [1.807, 2.05) is 0 Å². The van der Waals surface area contributed by atoms with Crippen LogP contribution < -0.4 is 9.30 Å². The van der Waals surface area contributed by atoms with Crippen LogP contribution in [0.4, 0.5) is 0 Å². The van der Waals surface area contributed by atoms with Crippen LogP contribution in [-0.2, 0) is 17.9 Å². The smallest absolute Gasteiger partial charge is 0.257 e. The Morgan fingerprint density at radius 2 is 1.42 bits per heavy atom. The number of aryl methyl sites for hydroxylation is 2. The molecule has 2 aromatic heterocycles. The summed E-state index contributed by atoms with van der Waals surface area (Å²) >= 11 is 0. The molecule has 6 rings (SSSR count). The number of rotatable bonds is 1. The number of nitrogens with zero attached hydrogens (tertiary/aromatic N) is 4. The zero-order valence-corrected chi connectivity index (χ0v) is 23.8. The van der Waals surface area contributed by atoms with Gasteiger partial charge in [-0.15, -0.1) is 0 Å². The minimum absolute atomic E-state index is 0.236. The quantitative estimate of drug-likeness (QED) is 0.216. The third-order valence-corrected chi connectivity index (χ3v) is 7.61. The molecule has 0 saturated carbocycles. The SMILES string of the molecule is Cc1cc2cccc3c2c(c1C)-c1c(c(-c2nc(C(C)(C)C)nc(C(C)(C)C)n2)c2ccccc2[n+]1C)O3. The van der Waals surface area contributed by atoms with Gasteiger partial charge in [0.05, 0.1) is 16.5 Å². The number of pyridine rings is 1. The third-order valence-electron chi connectivity index (χ3n) is 7.61. The fourth-order valence-electron chi connectivity index (χ4n) is 5.41. The normalized spacial score (nSPS) is 13.1. The standard InChI is InChI=1S/C33H35N4O/c1-18-17-20-13-12-16-23-25(20)24(19(18)2)27-28(38-23)26(21-14-10-11-15-22(21)37(27)9)29-34-30(32(3,4)5)36-31(35-29)33(6,7)8/h10-17H,1-9H3/q+1. The zero-order chi connectivity index (χ0) is 27.1. The molecule has 5 nitrogen and oxygen atoms in total. The lowest BCUT2D eigenvalue weighted by Gasteiger charge is -2.26. The van der Waals surface area contributed by atoms with Crippen molar-refractivity contribution in [1.29, 1.82) is 0 Å². The van der Waals surface area contributed by atoms with Gasteiger partial charge in [0.15, 0.2) is 5.82 Å². The maximum Gasteiger partial charge on any atom is 0.257 e. The van der Waals surface area contributed by atoms with Crippen molar-refractivity contribution in [2.75, 3.05) is 0 Å². The number of ether oxygens (including phenoxy) is 1. The predicted octanol–water partition coefficient (Wildman–Crippen LogP) is 7.65. The second kappa shape index (κ2) is 8.07. The van der Waals surface area contributed by atoms with Crippen LogP contribution in [0.25, 0.3) is 44.3 Å². The maximum atomic E-state index is 6.85. The molecule has 1 aliphatic heterocycles. The molecule has 192 valence electrons. The highest BCUT2D eigenvalue weighted by atomic mass is 16.5. The van der Waals surface area contributed by atoms with Crippen LogP contribution in [0.3, 0.4) is 0 Å². The van der Waals surface area contributed by atoms with Crippen molar-refractivity contribution in [3.8, 4) is 34.1 Å². The van der Waals surface area contributed by atoms with Gasteiger partial charge in [0, 0.05) is 22.3 Å². The summed E-state index contributed by atoms with van der Waals surface area (Å²) in [6.07, 6.45) is 0. The molecule has 0 fully saturated rings. The van der Waals surface area contributed by atoms with E-state index in [4.69, 9.17) is 19.7 Å². The van der Waals surface area contributed by atoms with Gasteiger partial charge in [-0.3, -0.25) is 0 Å². The third kappa shape index (κ3) is 3.59. The monoisotopic (exact) mass is 503 g/mol. The number of para-hydroxylation sites is 1. The fraction of sp³-hybridized carbons (Fsp3) is 0.333. The fourth-order valence-corrected chi connectivity index (χ4v) is 5.41. The average Bonchev–Trinajstić information content (AvgIpc) is 2.85. The van der Waals surface area contributed by atoms with E-state index in [-0.39, 0.29) is 10.8 Å². The van der Waals surface area contributed by atoms with E-state index >= 15 is 0 Å². The highest BCUT2D eigenvalue weighted by molar-refractivity contribution is 6.08. The number of benzene rings is 3. The summed E-state index contributed by atoms with van der Waals surface area (Å²) < 4.78 is 9.11. The summed E-state index contributed by atoms with van der Waals surface area (Å²) in [6, 6.07) is 17.0. The van der Waals surface area contributed by atoms with E-state index in [2.05, 4.69) is 116 Å². The first-order chi connectivity index (χ1) is 17.9. The van der Waals surface area contributed by atoms with Gasteiger partial charge in [0.1, 0.15) is 24.4 Å². The van der Waals surface area contributed by atoms with Gasteiger partial charge in [-0.25, -0.2) is 15.0 Å². The summed E-state index contributed by atoms with van der Waals surface area (Å²) in [5.74, 6) is 3.88. The molecule has 0 atom stereocenters. The largest absolute Gasteiger partial charge is 0.449 e. The first-order valence-corrected chi connectivity index (χ1v) is 13.3. The summed E-state index contributed by atoms with van der Waals surface area (Å²) in [5, 5.41) is 3.40. The summed E-state index contributed by atoms with van der Waals surface area (Å²) in [5.41, 5.74) is 6.33. The molecule has 0 N–H and O–H groups in total. The molecule has 3 heterocycles. The van der Waals surface area contributed by atoms with E-state index in [1.165, 1.54) is 22.1 Å². The number of aromatic nitrogens is 4. The van der Waals surface area contributed by atoms with Crippen molar-refractivity contribution in [2.24, 2.45) is 7.05 Å².